The number of hydrogen-bond donors (Lipinski definition) is 0. The Morgan fingerprint density at radius 2 is 2.15 bits per heavy atom. The summed E-state index contributed by atoms with van der Waals surface area (Å²) in [6, 6.07) is 11.5. The van der Waals surface area contributed by atoms with Gasteiger partial charge in [0, 0.05) is 17.2 Å². The van der Waals surface area contributed by atoms with E-state index in [0.29, 0.717) is 11.3 Å². The van der Waals surface area contributed by atoms with Gasteiger partial charge in [0.2, 0.25) is 0 Å². The van der Waals surface area contributed by atoms with Gasteiger partial charge in [0.1, 0.15) is 11.1 Å². The fourth-order valence-electron chi connectivity index (χ4n) is 2.32. The molecule has 1 saturated heterocycles. The molecule has 0 spiro atoms. The van der Waals surface area contributed by atoms with Crippen molar-refractivity contribution in [1.29, 1.82) is 0 Å². The zero-order valence-electron chi connectivity index (χ0n) is 11.1. The van der Waals surface area contributed by atoms with Crippen molar-refractivity contribution in [3.8, 4) is 5.75 Å². The maximum Gasteiger partial charge on any atom is 0.258 e. The molecule has 3 nitrogen and oxygen atoms in total. The van der Waals surface area contributed by atoms with E-state index in [0.717, 1.165) is 12.3 Å². The molecular formula is C15H15NO2S2. The minimum absolute atomic E-state index is 0.0471. The van der Waals surface area contributed by atoms with Gasteiger partial charge in [0.25, 0.3) is 5.91 Å². The maximum atomic E-state index is 12.8. The molecule has 1 amide bonds. The highest BCUT2D eigenvalue weighted by Crippen LogP contribution is 2.41. The molecule has 20 heavy (non-hydrogen) atoms. The van der Waals surface area contributed by atoms with Crippen molar-refractivity contribution in [2.24, 2.45) is 0 Å². The van der Waals surface area contributed by atoms with E-state index in [4.69, 9.17) is 4.74 Å². The van der Waals surface area contributed by atoms with Gasteiger partial charge in [-0.15, -0.1) is 23.1 Å². The summed E-state index contributed by atoms with van der Waals surface area (Å²) < 4.78 is 5.30. The van der Waals surface area contributed by atoms with Crippen LogP contribution in [0.3, 0.4) is 0 Å². The number of hydrogen-bond acceptors (Lipinski definition) is 4. The van der Waals surface area contributed by atoms with Crippen LogP contribution in [0.2, 0.25) is 0 Å². The molecule has 1 aromatic heterocycles. The van der Waals surface area contributed by atoms with Crippen LogP contribution in [0.5, 0.6) is 5.75 Å². The predicted octanol–water partition coefficient (Wildman–Crippen LogP) is 3.64. The number of nitrogens with zero attached hydrogens (tertiary/aromatic N) is 1. The van der Waals surface area contributed by atoms with Crippen molar-refractivity contribution >= 4 is 29.0 Å². The first kappa shape index (κ1) is 13.5. The molecule has 0 saturated carbocycles. The fourth-order valence-corrected chi connectivity index (χ4v) is 4.56. The van der Waals surface area contributed by atoms with Gasteiger partial charge in [-0.1, -0.05) is 18.2 Å². The van der Waals surface area contributed by atoms with Gasteiger partial charge in [0.15, 0.2) is 0 Å². The number of thiophene rings is 1. The summed E-state index contributed by atoms with van der Waals surface area (Å²) in [7, 11) is 1.60. The van der Waals surface area contributed by atoms with Gasteiger partial charge in [-0.3, -0.25) is 4.79 Å². The minimum Gasteiger partial charge on any atom is -0.496 e. The molecule has 104 valence electrons. The molecule has 1 aliphatic heterocycles. The highest BCUT2D eigenvalue weighted by molar-refractivity contribution is 7.99. The Labute approximate surface area is 126 Å². The number of benzene rings is 1. The van der Waals surface area contributed by atoms with Gasteiger partial charge >= 0.3 is 0 Å². The average Bonchev–Trinajstić information content (AvgIpc) is 3.16. The SMILES string of the molecule is COc1ccccc1C(=O)N1CCS[C@@H]1c1cccs1. The molecule has 0 unspecified atom stereocenters. The van der Waals surface area contributed by atoms with E-state index < -0.39 is 0 Å². The van der Waals surface area contributed by atoms with Crippen molar-refractivity contribution in [2.45, 2.75) is 5.37 Å². The Balaban J connectivity index is 1.90. The molecule has 0 aliphatic carbocycles. The summed E-state index contributed by atoms with van der Waals surface area (Å²) in [5.74, 6) is 1.66. The van der Waals surface area contributed by atoms with E-state index in [1.165, 1.54) is 4.88 Å². The lowest BCUT2D eigenvalue weighted by Crippen LogP contribution is -2.30. The lowest BCUT2D eigenvalue weighted by Gasteiger charge is -2.23. The third-order valence-electron chi connectivity index (χ3n) is 3.28. The Bertz CT molecular complexity index is 598. The van der Waals surface area contributed by atoms with Crippen molar-refractivity contribution in [3.63, 3.8) is 0 Å². The van der Waals surface area contributed by atoms with E-state index in [9.17, 15) is 4.79 Å². The molecule has 3 rings (SSSR count). The van der Waals surface area contributed by atoms with Crippen LogP contribution in [0.25, 0.3) is 0 Å². The Morgan fingerprint density at radius 3 is 2.90 bits per heavy atom. The number of methoxy groups -OCH3 is 1. The fraction of sp³-hybridized carbons (Fsp3) is 0.267. The Hall–Kier alpha value is -1.46. The van der Waals surface area contributed by atoms with Gasteiger partial charge in [0.05, 0.1) is 12.7 Å². The second kappa shape index (κ2) is 5.89. The van der Waals surface area contributed by atoms with E-state index >= 15 is 0 Å². The van der Waals surface area contributed by atoms with Crippen LogP contribution in [0.1, 0.15) is 20.6 Å². The second-order valence-corrected chi connectivity index (χ2v) is 6.60. The maximum absolute atomic E-state index is 12.8. The Morgan fingerprint density at radius 1 is 1.30 bits per heavy atom. The van der Waals surface area contributed by atoms with E-state index in [-0.39, 0.29) is 11.3 Å². The lowest BCUT2D eigenvalue weighted by molar-refractivity contribution is 0.0758. The van der Waals surface area contributed by atoms with E-state index in [1.54, 1.807) is 18.4 Å². The summed E-state index contributed by atoms with van der Waals surface area (Å²) in [5, 5.41) is 2.19. The first-order valence-corrected chi connectivity index (χ1v) is 8.33. The van der Waals surface area contributed by atoms with Crippen LogP contribution < -0.4 is 4.74 Å². The van der Waals surface area contributed by atoms with Crippen molar-refractivity contribution in [3.05, 3.63) is 52.2 Å². The first-order chi connectivity index (χ1) is 9.81. The highest BCUT2D eigenvalue weighted by atomic mass is 32.2. The number of thioether (sulfide) groups is 1. The summed E-state index contributed by atoms with van der Waals surface area (Å²) >= 11 is 3.52. The van der Waals surface area contributed by atoms with Crippen LogP contribution in [0, 0.1) is 0 Å². The topological polar surface area (TPSA) is 29.5 Å². The molecule has 1 aromatic carbocycles. The summed E-state index contributed by atoms with van der Waals surface area (Å²) in [5.41, 5.74) is 0.638. The molecule has 5 heteroatoms. The van der Waals surface area contributed by atoms with Crippen LogP contribution in [0.15, 0.2) is 41.8 Å². The van der Waals surface area contributed by atoms with Crippen LogP contribution in [-0.4, -0.2) is 30.2 Å². The van der Waals surface area contributed by atoms with E-state index in [2.05, 4.69) is 11.4 Å². The summed E-state index contributed by atoms with van der Waals surface area (Å²) in [6.45, 7) is 0.782. The molecule has 0 bridgehead atoms. The zero-order valence-corrected chi connectivity index (χ0v) is 12.7. The van der Waals surface area contributed by atoms with Crippen molar-refractivity contribution < 1.29 is 9.53 Å². The highest BCUT2D eigenvalue weighted by Gasteiger charge is 2.32. The standard InChI is InChI=1S/C15H15NO2S2/c1-18-12-6-3-2-5-11(12)14(17)16-8-10-20-15(16)13-7-4-9-19-13/h2-7,9,15H,8,10H2,1H3/t15-/m1/s1. The van der Waals surface area contributed by atoms with Gasteiger partial charge in [-0.2, -0.15) is 0 Å². The predicted molar refractivity (Wildman–Crippen MR) is 83.5 cm³/mol. The third-order valence-corrected chi connectivity index (χ3v) is 5.59. The van der Waals surface area contributed by atoms with Crippen LogP contribution in [0.4, 0.5) is 0 Å². The molecule has 0 radical (unpaired) electrons. The molecule has 2 aromatic rings. The lowest BCUT2D eigenvalue weighted by atomic mass is 10.1. The largest absolute Gasteiger partial charge is 0.496 e. The quantitative estimate of drug-likeness (QED) is 0.867. The molecule has 1 atom stereocenters. The smallest absolute Gasteiger partial charge is 0.258 e. The van der Waals surface area contributed by atoms with Gasteiger partial charge < -0.3 is 9.64 Å². The number of carbonyl (C=O) groups is 1. The van der Waals surface area contributed by atoms with Gasteiger partial charge in [-0.05, 0) is 23.6 Å². The van der Waals surface area contributed by atoms with Gasteiger partial charge in [-0.25, -0.2) is 0 Å². The normalized spacial score (nSPS) is 18.2. The number of rotatable bonds is 3. The zero-order chi connectivity index (χ0) is 13.9. The number of carbonyl (C=O) groups excluding carboxylic acids is 1. The monoisotopic (exact) mass is 305 g/mol. The summed E-state index contributed by atoms with van der Waals surface area (Å²) in [4.78, 5) is 15.9. The average molecular weight is 305 g/mol. The van der Waals surface area contributed by atoms with Crippen molar-refractivity contribution in [2.75, 3.05) is 19.4 Å². The number of para-hydroxylation sites is 1. The summed E-state index contributed by atoms with van der Waals surface area (Å²) in [6.07, 6.45) is 0. The molecule has 2 heterocycles. The third kappa shape index (κ3) is 2.43. The Kier molecular flexibility index (Phi) is 3.98. The van der Waals surface area contributed by atoms with Crippen LogP contribution >= 0.6 is 23.1 Å². The van der Waals surface area contributed by atoms with E-state index in [1.807, 2.05) is 47.0 Å². The first-order valence-electron chi connectivity index (χ1n) is 6.40. The molecule has 1 fully saturated rings. The molecule has 0 N–H and O–H groups in total. The number of ether oxygens (including phenoxy) is 1. The second-order valence-electron chi connectivity index (χ2n) is 4.44. The van der Waals surface area contributed by atoms with Crippen LogP contribution in [-0.2, 0) is 0 Å². The molecule has 1 aliphatic rings. The minimum atomic E-state index is 0.0471. The van der Waals surface area contributed by atoms with Crippen molar-refractivity contribution in [1.82, 2.24) is 4.90 Å². The molecular weight excluding hydrogens is 290 g/mol. The number of amides is 1.